The third kappa shape index (κ3) is 4.04. The summed E-state index contributed by atoms with van der Waals surface area (Å²) >= 11 is 0. The number of phenolic OH excluding ortho intramolecular Hbond substituents is 1. The van der Waals surface area contributed by atoms with Gasteiger partial charge in [-0.25, -0.2) is 4.39 Å². The molecular formula is C12H14FNO4. The van der Waals surface area contributed by atoms with Crippen LogP contribution in [0.1, 0.15) is 23.7 Å². The summed E-state index contributed by atoms with van der Waals surface area (Å²) in [4.78, 5) is 22.6. The van der Waals surface area contributed by atoms with E-state index in [2.05, 4.69) is 10.1 Å². The standard InChI is InChI=1S/C12H14FNO4/c1-2-18-11(16)5-6-14-12(17)9-4-3-8(13)7-10(9)15/h3-4,7,15H,2,5-6H2,1H3,(H,14,17). The summed E-state index contributed by atoms with van der Waals surface area (Å²) in [5.41, 5.74) is -0.0414. The lowest BCUT2D eigenvalue weighted by Crippen LogP contribution is -2.26. The summed E-state index contributed by atoms with van der Waals surface area (Å²) in [6.45, 7) is 2.06. The molecule has 0 heterocycles. The molecule has 1 rings (SSSR count). The molecule has 1 aromatic rings. The number of carbonyl (C=O) groups excluding carboxylic acids is 2. The van der Waals surface area contributed by atoms with Crippen molar-refractivity contribution in [2.45, 2.75) is 13.3 Å². The third-order valence-corrected chi connectivity index (χ3v) is 2.12. The molecule has 0 aromatic heterocycles. The Hall–Kier alpha value is -2.11. The number of hydrogen-bond donors (Lipinski definition) is 2. The number of phenols is 1. The Kier molecular flexibility index (Phi) is 5.10. The minimum atomic E-state index is -0.629. The summed E-state index contributed by atoms with van der Waals surface area (Å²) in [6.07, 6.45) is 0.0432. The quantitative estimate of drug-likeness (QED) is 0.775. The zero-order valence-corrected chi connectivity index (χ0v) is 9.90. The van der Waals surface area contributed by atoms with Crippen LogP contribution in [0.3, 0.4) is 0 Å². The highest BCUT2D eigenvalue weighted by Gasteiger charge is 2.12. The molecular weight excluding hydrogens is 241 g/mol. The van der Waals surface area contributed by atoms with Crippen LogP contribution in [0.25, 0.3) is 0 Å². The smallest absolute Gasteiger partial charge is 0.307 e. The fourth-order valence-electron chi connectivity index (χ4n) is 1.30. The van der Waals surface area contributed by atoms with Gasteiger partial charge in [-0.1, -0.05) is 0 Å². The first kappa shape index (κ1) is 14.0. The van der Waals surface area contributed by atoms with Crippen LogP contribution in [-0.2, 0) is 9.53 Å². The SMILES string of the molecule is CCOC(=O)CCNC(=O)c1ccc(F)cc1O. The third-order valence-electron chi connectivity index (χ3n) is 2.12. The molecule has 0 fully saturated rings. The molecule has 0 radical (unpaired) electrons. The topological polar surface area (TPSA) is 75.6 Å². The maximum atomic E-state index is 12.7. The van der Waals surface area contributed by atoms with Crippen molar-refractivity contribution >= 4 is 11.9 Å². The van der Waals surface area contributed by atoms with E-state index < -0.39 is 23.4 Å². The van der Waals surface area contributed by atoms with Crippen molar-refractivity contribution in [3.05, 3.63) is 29.6 Å². The lowest BCUT2D eigenvalue weighted by atomic mass is 10.2. The van der Waals surface area contributed by atoms with Gasteiger partial charge in [-0.2, -0.15) is 0 Å². The molecule has 98 valence electrons. The van der Waals surface area contributed by atoms with Crippen LogP contribution in [0.4, 0.5) is 4.39 Å². The second kappa shape index (κ2) is 6.58. The van der Waals surface area contributed by atoms with Gasteiger partial charge in [0.2, 0.25) is 0 Å². The summed E-state index contributed by atoms with van der Waals surface area (Å²) in [5, 5.41) is 11.8. The molecule has 2 N–H and O–H groups in total. The van der Waals surface area contributed by atoms with Gasteiger partial charge in [-0.05, 0) is 19.1 Å². The molecule has 0 unspecified atom stereocenters. The Morgan fingerprint density at radius 2 is 2.17 bits per heavy atom. The molecule has 0 aliphatic heterocycles. The van der Waals surface area contributed by atoms with Crippen LogP contribution in [0, 0.1) is 5.82 Å². The molecule has 18 heavy (non-hydrogen) atoms. The fraction of sp³-hybridized carbons (Fsp3) is 0.333. The molecule has 0 aliphatic carbocycles. The van der Waals surface area contributed by atoms with Crippen LogP contribution in [0.2, 0.25) is 0 Å². The van der Waals surface area contributed by atoms with Crippen molar-refractivity contribution in [2.24, 2.45) is 0 Å². The number of benzene rings is 1. The zero-order valence-electron chi connectivity index (χ0n) is 9.90. The monoisotopic (exact) mass is 255 g/mol. The van der Waals surface area contributed by atoms with Crippen LogP contribution in [-0.4, -0.2) is 30.1 Å². The van der Waals surface area contributed by atoms with Crippen molar-refractivity contribution < 1.29 is 23.8 Å². The number of rotatable bonds is 5. The zero-order chi connectivity index (χ0) is 13.5. The maximum absolute atomic E-state index is 12.7. The summed E-state index contributed by atoms with van der Waals surface area (Å²) in [6, 6.07) is 3.09. The van der Waals surface area contributed by atoms with Gasteiger partial charge >= 0.3 is 5.97 Å². The number of halogens is 1. The Morgan fingerprint density at radius 1 is 1.44 bits per heavy atom. The van der Waals surface area contributed by atoms with Gasteiger partial charge < -0.3 is 15.2 Å². The molecule has 0 aliphatic rings. The number of ether oxygens (including phenoxy) is 1. The van der Waals surface area contributed by atoms with Gasteiger partial charge in [-0.3, -0.25) is 9.59 Å². The van der Waals surface area contributed by atoms with E-state index in [1.54, 1.807) is 6.92 Å². The van der Waals surface area contributed by atoms with E-state index in [1.807, 2.05) is 0 Å². The van der Waals surface area contributed by atoms with Gasteiger partial charge in [0.15, 0.2) is 0 Å². The van der Waals surface area contributed by atoms with E-state index in [9.17, 15) is 19.1 Å². The van der Waals surface area contributed by atoms with E-state index >= 15 is 0 Å². The predicted octanol–water partition coefficient (Wildman–Crippen LogP) is 1.21. The molecule has 0 spiro atoms. The van der Waals surface area contributed by atoms with Gasteiger partial charge in [0, 0.05) is 12.6 Å². The second-order valence-corrected chi connectivity index (χ2v) is 3.47. The highest BCUT2D eigenvalue weighted by Crippen LogP contribution is 2.17. The molecule has 0 saturated heterocycles. The van der Waals surface area contributed by atoms with Crippen LogP contribution < -0.4 is 5.32 Å². The number of esters is 1. The Labute approximate surface area is 104 Å². The van der Waals surface area contributed by atoms with Crippen molar-refractivity contribution in [3.63, 3.8) is 0 Å². The van der Waals surface area contributed by atoms with Crippen molar-refractivity contribution in [3.8, 4) is 5.75 Å². The first-order valence-corrected chi connectivity index (χ1v) is 5.47. The number of nitrogens with one attached hydrogen (secondary N) is 1. The number of carbonyl (C=O) groups is 2. The average molecular weight is 255 g/mol. The highest BCUT2D eigenvalue weighted by atomic mass is 19.1. The van der Waals surface area contributed by atoms with E-state index in [0.29, 0.717) is 0 Å². The second-order valence-electron chi connectivity index (χ2n) is 3.47. The van der Waals surface area contributed by atoms with Crippen molar-refractivity contribution in [1.82, 2.24) is 5.32 Å². The molecule has 1 aromatic carbocycles. The first-order valence-electron chi connectivity index (χ1n) is 5.47. The first-order chi connectivity index (χ1) is 8.54. The minimum absolute atomic E-state index is 0.0414. The number of hydrogen-bond acceptors (Lipinski definition) is 4. The Balaban J connectivity index is 2.48. The Bertz CT molecular complexity index is 448. The molecule has 0 saturated carbocycles. The largest absolute Gasteiger partial charge is 0.507 e. The van der Waals surface area contributed by atoms with Crippen molar-refractivity contribution in [2.75, 3.05) is 13.2 Å². The highest BCUT2D eigenvalue weighted by molar-refractivity contribution is 5.96. The van der Waals surface area contributed by atoms with Gasteiger partial charge in [0.1, 0.15) is 11.6 Å². The summed E-state index contributed by atoms with van der Waals surface area (Å²) in [5.74, 6) is -2.06. The van der Waals surface area contributed by atoms with Gasteiger partial charge in [-0.15, -0.1) is 0 Å². The summed E-state index contributed by atoms with van der Waals surface area (Å²) < 4.78 is 17.4. The van der Waals surface area contributed by atoms with Crippen LogP contribution in [0.15, 0.2) is 18.2 Å². The molecule has 0 bridgehead atoms. The Morgan fingerprint density at radius 3 is 2.78 bits per heavy atom. The van der Waals surface area contributed by atoms with Gasteiger partial charge in [0.25, 0.3) is 5.91 Å². The molecule has 5 nitrogen and oxygen atoms in total. The van der Waals surface area contributed by atoms with Crippen LogP contribution in [0.5, 0.6) is 5.75 Å². The lowest BCUT2D eigenvalue weighted by molar-refractivity contribution is -0.142. The average Bonchev–Trinajstić information content (AvgIpc) is 2.29. The number of amides is 1. The van der Waals surface area contributed by atoms with Crippen LogP contribution >= 0.6 is 0 Å². The number of aromatic hydroxyl groups is 1. The normalized spacial score (nSPS) is 9.89. The minimum Gasteiger partial charge on any atom is -0.507 e. The van der Waals surface area contributed by atoms with E-state index in [0.717, 1.165) is 12.1 Å². The van der Waals surface area contributed by atoms with Crippen molar-refractivity contribution in [1.29, 1.82) is 0 Å². The molecule has 1 amide bonds. The van der Waals surface area contributed by atoms with Gasteiger partial charge in [0.05, 0.1) is 18.6 Å². The fourth-order valence-corrected chi connectivity index (χ4v) is 1.30. The molecule has 6 heteroatoms. The lowest BCUT2D eigenvalue weighted by Gasteiger charge is -2.06. The van der Waals surface area contributed by atoms with E-state index in [1.165, 1.54) is 6.07 Å². The molecule has 0 atom stereocenters. The predicted molar refractivity (Wildman–Crippen MR) is 61.6 cm³/mol. The van der Waals surface area contributed by atoms with E-state index in [-0.39, 0.29) is 25.1 Å². The van der Waals surface area contributed by atoms with E-state index in [4.69, 9.17) is 0 Å². The summed E-state index contributed by atoms with van der Waals surface area (Å²) in [7, 11) is 0. The maximum Gasteiger partial charge on any atom is 0.307 e.